The number of ether oxygens (including phenoxy) is 1. The van der Waals surface area contributed by atoms with Crippen molar-refractivity contribution in [3.05, 3.63) is 40.6 Å². The second-order valence-electron chi connectivity index (χ2n) is 5.15. The zero-order valence-corrected chi connectivity index (χ0v) is 12.7. The summed E-state index contributed by atoms with van der Waals surface area (Å²) in [5.74, 6) is 1.70. The third kappa shape index (κ3) is 3.95. The van der Waals surface area contributed by atoms with Gasteiger partial charge in [-0.25, -0.2) is 0 Å². The molecule has 0 bridgehead atoms. The number of halogens is 1. The van der Waals surface area contributed by atoms with Gasteiger partial charge in [0.05, 0.1) is 5.02 Å². The normalized spacial score (nSPS) is 14.4. The van der Waals surface area contributed by atoms with E-state index in [2.05, 4.69) is 15.5 Å². The molecule has 1 aromatic carbocycles. The van der Waals surface area contributed by atoms with Crippen molar-refractivity contribution >= 4 is 11.6 Å². The molecule has 112 valence electrons. The number of nitrogens with one attached hydrogen (secondary N) is 1. The number of aryl methyl sites for hydroxylation is 1. The third-order valence-electron chi connectivity index (χ3n) is 3.33. The van der Waals surface area contributed by atoms with Crippen LogP contribution in [0.4, 0.5) is 0 Å². The molecular weight excluding hydrogens is 290 g/mol. The number of benzene rings is 1. The highest BCUT2D eigenvalue weighted by molar-refractivity contribution is 6.32. The average molecular weight is 308 g/mol. The van der Waals surface area contributed by atoms with Gasteiger partial charge in [0.2, 0.25) is 5.89 Å². The molecule has 5 nitrogen and oxygen atoms in total. The van der Waals surface area contributed by atoms with Crippen molar-refractivity contribution in [3.8, 4) is 5.75 Å². The molecule has 21 heavy (non-hydrogen) atoms. The first-order valence-corrected chi connectivity index (χ1v) is 7.58. The Kier molecular flexibility index (Phi) is 4.41. The van der Waals surface area contributed by atoms with Gasteiger partial charge in [0.15, 0.2) is 6.61 Å². The Labute approximate surface area is 128 Å². The summed E-state index contributed by atoms with van der Waals surface area (Å²) in [6, 6.07) is 6.51. The Morgan fingerprint density at radius 1 is 1.33 bits per heavy atom. The predicted octanol–water partition coefficient (Wildman–Crippen LogP) is 3.12. The van der Waals surface area contributed by atoms with Crippen molar-refractivity contribution in [2.24, 2.45) is 0 Å². The molecule has 1 aliphatic carbocycles. The lowest BCUT2D eigenvalue weighted by Gasteiger charge is -2.08. The number of hydrogen-bond acceptors (Lipinski definition) is 5. The van der Waals surface area contributed by atoms with Gasteiger partial charge in [-0.05, 0) is 30.5 Å². The van der Waals surface area contributed by atoms with E-state index in [1.165, 1.54) is 12.8 Å². The van der Waals surface area contributed by atoms with Crippen molar-refractivity contribution in [1.82, 2.24) is 15.5 Å². The van der Waals surface area contributed by atoms with Crippen molar-refractivity contribution in [2.45, 2.75) is 45.4 Å². The maximum atomic E-state index is 6.24. The minimum absolute atomic E-state index is 0.229. The molecule has 2 aromatic rings. The quantitative estimate of drug-likeness (QED) is 0.851. The van der Waals surface area contributed by atoms with E-state index >= 15 is 0 Å². The van der Waals surface area contributed by atoms with Gasteiger partial charge in [-0.2, -0.15) is 0 Å². The van der Waals surface area contributed by atoms with Crippen molar-refractivity contribution in [3.63, 3.8) is 0 Å². The Morgan fingerprint density at radius 2 is 2.14 bits per heavy atom. The van der Waals surface area contributed by atoms with E-state index in [-0.39, 0.29) is 6.61 Å². The summed E-state index contributed by atoms with van der Waals surface area (Å²) < 4.78 is 11.0. The lowest BCUT2D eigenvalue weighted by Crippen LogP contribution is -2.15. The van der Waals surface area contributed by atoms with Gasteiger partial charge in [-0.1, -0.05) is 24.6 Å². The highest BCUT2D eigenvalue weighted by Gasteiger charge is 2.20. The van der Waals surface area contributed by atoms with Gasteiger partial charge >= 0.3 is 0 Å². The van der Waals surface area contributed by atoms with Gasteiger partial charge in [0, 0.05) is 19.0 Å². The number of nitrogens with zero attached hydrogens (tertiary/aromatic N) is 2. The molecule has 0 radical (unpaired) electrons. The van der Waals surface area contributed by atoms with Gasteiger partial charge in [-0.15, -0.1) is 10.2 Å². The molecule has 0 aliphatic heterocycles. The van der Waals surface area contributed by atoms with E-state index in [1.807, 2.05) is 25.1 Å². The molecule has 0 amide bonds. The molecule has 0 unspecified atom stereocenters. The van der Waals surface area contributed by atoms with Crippen molar-refractivity contribution in [2.75, 3.05) is 0 Å². The van der Waals surface area contributed by atoms with Gasteiger partial charge < -0.3 is 14.5 Å². The summed E-state index contributed by atoms with van der Waals surface area (Å²) >= 11 is 6.24. The molecular formula is C15H18ClN3O2. The minimum atomic E-state index is 0.229. The van der Waals surface area contributed by atoms with Crippen LogP contribution in [-0.4, -0.2) is 16.2 Å². The summed E-state index contributed by atoms with van der Waals surface area (Å²) in [6.07, 6.45) is 3.27. The van der Waals surface area contributed by atoms with Crippen LogP contribution >= 0.6 is 11.6 Å². The first-order chi connectivity index (χ1) is 10.2. The van der Waals surface area contributed by atoms with Crippen LogP contribution in [-0.2, 0) is 19.6 Å². The summed E-state index contributed by atoms with van der Waals surface area (Å²) in [6.45, 7) is 3.03. The van der Waals surface area contributed by atoms with E-state index in [0.29, 0.717) is 28.6 Å². The Balaban J connectivity index is 1.56. The SMILES string of the molecule is CCc1nnc(COc2ccc(CNC3CC3)cc2Cl)o1. The average Bonchev–Trinajstić information content (AvgIpc) is 3.21. The maximum Gasteiger partial charge on any atom is 0.253 e. The predicted molar refractivity (Wildman–Crippen MR) is 79.3 cm³/mol. The fourth-order valence-electron chi connectivity index (χ4n) is 1.95. The number of aromatic nitrogens is 2. The molecule has 1 heterocycles. The fraction of sp³-hybridized carbons (Fsp3) is 0.467. The molecule has 6 heteroatoms. The molecule has 0 atom stereocenters. The zero-order chi connectivity index (χ0) is 14.7. The van der Waals surface area contributed by atoms with E-state index < -0.39 is 0 Å². The van der Waals surface area contributed by atoms with Crippen LogP contribution in [0, 0.1) is 0 Å². The third-order valence-corrected chi connectivity index (χ3v) is 3.63. The summed E-state index contributed by atoms with van der Waals surface area (Å²) in [4.78, 5) is 0. The van der Waals surface area contributed by atoms with E-state index in [4.69, 9.17) is 20.8 Å². The van der Waals surface area contributed by atoms with Crippen LogP contribution < -0.4 is 10.1 Å². The van der Waals surface area contributed by atoms with E-state index in [1.54, 1.807) is 0 Å². The first kappa shape index (κ1) is 14.4. The van der Waals surface area contributed by atoms with Crippen LogP contribution in [0.3, 0.4) is 0 Å². The molecule has 0 saturated heterocycles. The Bertz CT molecular complexity index is 611. The van der Waals surface area contributed by atoms with Gasteiger partial charge in [-0.3, -0.25) is 0 Å². The topological polar surface area (TPSA) is 60.2 Å². The molecule has 1 N–H and O–H groups in total. The van der Waals surface area contributed by atoms with E-state index in [9.17, 15) is 0 Å². The smallest absolute Gasteiger partial charge is 0.253 e. The lowest BCUT2D eigenvalue weighted by atomic mass is 10.2. The number of hydrogen-bond donors (Lipinski definition) is 1. The zero-order valence-electron chi connectivity index (χ0n) is 11.9. The van der Waals surface area contributed by atoms with Crippen LogP contribution in [0.25, 0.3) is 0 Å². The minimum Gasteiger partial charge on any atom is -0.482 e. The molecule has 1 aliphatic rings. The highest BCUT2D eigenvalue weighted by atomic mass is 35.5. The molecule has 1 fully saturated rings. The monoisotopic (exact) mass is 307 g/mol. The highest BCUT2D eigenvalue weighted by Crippen LogP contribution is 2.27. The second-order valence-corrected chi connectivity index (χ2v) is 5.56. The standard InChI is InChI=1S/C15H18ClN3O2/c1-2-14-18-19-15(21-14)9-20-13-6-3-10(7-12(13)16)8-17-11-4-5-11/h3,6-7,11,17H,2,4-5,8-9H2,1H3. The van der Waals surface area contributed by atoms with Gasteiger partial charge in [0.1, 0.15) is 5.75 Å². The largest absolute Gasteiger partial charge is 0.482 e. The van der Waals surface area contributed by atoms with Crippen LogP contribution in [0.5, 0.6) is 5.75 Å². The molecule has 1 saturated carbocycles. The van der Waals surface area contributed by atoms with Crippen LogP contribution in [0.1, 0.15) is 37.1 Å². The number of rotatable bonds is 7. The lowest BCUT2D eigenvalue weighted by molar-refractivity contribution is 0.259. The maximum absolute atomic E-state index is 6.24. The summed E-state index contributed by atoms with van der Waals surface area (Å²) in [7, 11) is 0. The van der Waals surface area contributed by atoms with Crippen LogP contribution in [0.2, 0.25) is 5.02 Å². The van der Waals surface area contributed by atoms with Crippen LogP contribution in [0.15, 0.2) is 22.6 Å². The Morgan fingerprint density at radius 3 is 2.81 bits per heavy atom. The second kappa shape index (κ2) is 6.45. The fourth-order valence-corrected chi connectivity index (χ4v) is 2.21. The summed E-state index contributed by atoms with van der Waals surface area (Å²) in [5, 5.41) is 11.9. The molecule has 3 rings (SSSR count). The molecule has 0 spiro atoms. The van der Waals surface area contributed by atoms with E-state index in [0.717, 1.165) is 18.5 Å². The van der Waals surface area contributed by atoms with Gasteiger partial charge in [0.25, 0.3) is 5.89 Å². The van der Waals surface area contributed by atoms with Crippen molar-refractivity contribution in [1.29, 1.82) is 0 Å². The summed E-state index contributed by atoms with van der Waals surface area (Å²) in [5.41, 5.74) is 1.16. The first-order valence-electron chi connectivity index (χ1n) is 7.20. The Hall–Kier alpha value is -1.59. The molecule has 1 aromatic heterocycles. The van der Waals surface area contributed by atoms with Crippen molar-refractivity contribution < 1.29 is 9.15 Å².